The van der Waals surface area contributed by atoms with E-state index in [4.69, 9.17) is 15.2 Å². The Morgan fingerprint density at radius 2 is 1.93 bits per heavy atom. The van der Waals surface area contributed by atoms with Gasteiger partial charge in [-0.25, -0.2) is 0 Å². The summed E-state index contributed by atoms with van der Waals surface area (Å²) in [6, 6.07) is 8.29. The molecule has 2 N–H and O–H groups in total. The molecule has 4 rings (SSSR count). The van der Waals surface area contributed by atoms with Crippen LogP contribution in [0.5, 0.6) is 5.75 Å². The first-order valence-electron chi connectivity index (χ1n) is 10.9. The third-order valence-corrected chi connectivity index (χ3v) is 7.08. The monoisotopic (exact) mass is 386 g/mol. The van der Waals surface area contributed by atoms with Gasteiger partial charge >= 0.3 is 0 Å². The number of fused-ring (bicyclic) bond motifs is 2. The van der Waals surface area contributed by atoms with Gasteiger partial charge in [0.1, 0.15) is 5.75 Å². The van der Waals surface area contributed by atoms with Crippen LogP contribution in [0.4, 0.5) is 0 Å². The molecule has 0 radical (unpaired) electrons. The molecule has 3 atom stereocenters. The molecule has 1 amide bonds. The number of benzene rings is 1. The van der Waals surface area contributed by atoms with Crippen LogP contribution in [0.25, 0.3) is 0 Å². The van der Waals surface area contributed by atoms with E-state index in [0.29, 0.717) is 31.0 Å². The third kappa shape index (κ3) is 4.20. The molecule has 5 heteroatoms. The lowest BCUT2D eigenvalue weighted by molar-refractivity contribution is -0.141. The number of nitrogens with zero attached hydrogens (tertiary/aromatic N) is 1. The second-order valence-corrected chi connectivity index (χ2v) is 8.86. The Balaban J connectivity index is 1.51. The molecule has 5 nitrogen and oxygen atoms in total. The van der Waals surface area contributed by atoms with Gasteiger partial charge in [-0.1, -0.05) is 24.6 Å². The van der Waals surface area contributed by atoms with E-state index in [-0.39, 0.29) is 17.9 Å². The summed E-state index contributed by atoms with van der Waals surface area (Å²) < 4.78 is 11.4. The highest BCUT2D eigenvalue weighted by Gasteiger charge is 2.42. The number of ether oxygens (including phenoxy) is 2. The van der Waals surface area contributed by atoms with Crippen LogP contribution in [0, 0.1) is 17.8 Å². The Morgan fingerprint density at radius 3 is 2.61 bits per heavy atom. The number of hydrogen-bond acceptors (Lipinski definition) is 4. The van der Waals surface area contributed by atoms with Crippen molar-refractivity contribution in [2.75, 3.05) is 20.3 Å². The van der Waals surface area contributed by atoms with Crippen molar-refractivity contribution in [1.82, 2.24) is 4.90 Å². The van der Waals surface area contributed by atoms with Gasteiger partial charge in [0.05, 0.1) is 13.2 Å². The first-order chi connectivity index (χ1) is 13.7. The van der Waals surface area contributed by atoms with Gasteiger partial charge in [-0.3, -0.25) is 4.79 Å². The highest BCUT2D eigenvalue weighted by atomic mass is 16.5. The summed E-state index contributed by atoms with van der Waals surface area (Å²) >= 11 is 0. The summed E-state index contributed by atoms with van der Waals surface area (Å²) in [5, 5.41) is 0. The zero-order valence-corrected chi connectivity index (χ0v) is 17.0. The molecular formula is C23H34N2O3. The van der Waals surface area contributed by atoms with Gasteiger partial charge in [-0.2, -0.15) is 0 Å². The summed E-state index contributed by atoms with van der Waals surface area (Å²) in [5.41, 5.74) is 7.51. The normalized spacial score (nSPS) is 32.1. The van der Waals surface area contributed by atoms with Gasteiger partial charge in [0, 0.05) is 37.2 Å². The first-order valence-corrected chi connectivity index (χ1v) is 10.9. The fourth-order valence-corrected chi connectivity index (χ4v) is 5.55. The SMILES string of the molecule is COc1ccccc1CN(CC1CCCO1)C(=O)C1CC2CCCC(C1)C2N. The van der Waals surface area contributed by atoms with Gasteiger partial charge < -0.3 is 20.1 Å². The van der Waals surface area contributed by atoms with Crippen molar-refractivity contribution < 1.29 is 14.3 Å². The highest BCUT2D eigenvalue weighted by molar-refractivity contribution is 5.79. The molecule has 1 aromatic rings. The lowest BCUT2D eigenvalue weighted by Crippen LogP contribution is -2.50. The van der Waals surface area contributed by atoms with E-state index in [1.807, 2.05) is 23.1 Å². The summed E-state index contributed by atoms with van der Waals surface area (Å²) in [7, 11) is 1.69. The van der Waals surface area contributed by atoms with Crippen LogP contribution in [0.15, 0.2) is 24.3 Å². The molecule has 0 aromatic heterocycles. The summed E-state index contributed by atoms with van der Waals surface area (Å²) in [6.07, 6.45) is 7.81. The maximum Gasteiger partial charge on any atom is 0.226 e. The van der Waals surface area contributed by atoms with E-state index in [9.17, 15) is 4.79 Å². The largest absolute Gasteiger partial charge is 0.496 e. The lowest BCUT2D eigenvalue weighted by Gasteiger charge is -2.44. The first kappa shape index (κ1) is 19.7. The van der Waals surface area contributed by atoms with E-state index in [2.05, 4.69) is 6.07 Å². The Bertz CT molecular complexity index is 660. The fraction of sp³-hybridized carbons (Fsp3) is 0.696. The van der Waals surface area contributed by atoms with Crippen LogP contribution >= 0.6 is 0 Å². The molecule has 1 saturated heterocycles. The Morgan fingerprint density at radius 1 is 1.18 bits per heavy atom. The molecule has 28 heavy (non-hydrogen) atoms. The van der Waals surface area contributed by atoms with E-state index >= 15 is 0 Å². The van der Waals surface area contributed by atoms with Crippen molar-refractivity contribution in [3.63, 3.8) is 0 Å². The number of methoxy groups -OCH3 is 1. The third-order valence-electron chi connectivity index (χ3n) is 7.08. The van der Waals surface area contributed by atoms with Crippen LogP contribution in [0.2, 0.25) is 0 Å². The number of nitrogens with two attached hydrogens (primary N) is 1. The predicted molar refractivity (Wildman–Crippen MR) is 109 cm³/mol. The van der Waals surface area contributed by atoms with Crippen LogP contribution in [-0.2, 0) is 16.1 Å². The average Bonchev–Trinajstić information content (AvgIpc) is 3.20. The molecule has 2 aliphatic carbocycles. The number of hydrogen-bond donors (Lipinski definition) is 1. The van der Waals surface area contributed by atoms with Crippen molar-refractivity contribution in [3.8, 4) is 5.75 Å². The summed E-state index contributed by atoms with van der Waals surface area (Å²) in [5.74, 6) is 2.25. The maximum absolute atomic E-state index is 13.6. The standard InChI is InChI=1S/C23H34N2O3/c1-27-21-10-3-2-6-18(21)14-25(15-20-9-5-11-28-20)23(26)19-12-16-7-4-8-17(13-19)22(16)24/h2-3,6,10,16-17,19-20,22H,4-5,7-9,11-15,24H2,1H3. The van der Waals surface area contributed by atoms with Crippen LogP contribution in [0.3, 0.4) is 0 Å². The van der Waals surface area contributed by atoms with Crippen LogP contribution in [-0.4, -0.2) is 43.2 Å². The molecule has 0 spiro atoms. The van der Waals surface area contributed by atoms with Crippen molar-refractivity contribution >= 4 is 5.91 Å². The number of para-hydroxylation sites is 1. The van der Waals surface area contributed by atoms with E-state index < -0.39 is 0 Å². The van der Waals surface area contributed by atoms with Gasteiger partial charge in [0.2, 0.25) is 5.91 Å². The zero-order valence-electron chi connectivity index (χ0n) is 17.0. The minimum absolute atomic E-state index is 0.103. The predicted octanol–water partition coefficient (Wildman–Crippen LogP) is 3.36. The van der Waals surface area contributed by atoms with Crippen molar-refractivity contribution in [2.45, 2.75) is 63.6 Å². The molecule has 2 saturated carbocycles. The maximum atomic E-state index is 13.6. The number of amides is 1. The van der Waals surface area contributed by atoms with Gasteiger partial charge in [-0.15, -0.1) is 0 Å². The van der Waals surface area contributed by atoms with Crippen LogP contribution in [0.1, 0.15) is 50.5 Å². The zero-order chi connectivity index (χ0) is 19.5. The highest BCUT2D eigenvalue weighted by Crippen LogP contribution is 2.42. The molecule has 3 unspecified atom stereocenters. The number of carbonyl (C=O) groups excluding carboxylic acids is 1. The van der Waals surface area contributed by atoms with E-state index in [1.165, 1.54) is 19.3 Å². The minimum atomic E-state index is 0.103. The van der Waals surface area contributed by atoms with Crippen LogP contribution < -0.4 is 10.5 Å². The lowest BCUT2D eigenvalue weighted by atomic mass is 9.65. The second-order valence-electron chi connectivity index (χ2n) is 8.86. The molecular weight excluding hydrogens is 352 g/mol. The second kappa shape index (κ2) is 8.83. The van der Waals surface area contributed by atoms with Crippen molar-refractivity contribution in [2.24, 2.45) is 23.5 Å². The van der Waals surface area contributed by atoms with Gasteiger partial charge in [0.25, 0.3) is 0 Å². The molecule has 2 bridgehead atoms. The van der Waals surface area contributed by atoms with Gasteiger partial charge in [0.15, 0.2) is 0 Å². The molecule has 154 valence electrons. The van der Waals surface area contributed by atoms with Gasteiger partial charge in [-0.05, 0) is 56.4 Å². The molecule has 3 fully saturated rings. The Labute approximate surface area is 168 Å². The molecule has 1 aromatic carbocycles. The molecule has 3 aliphatic rings. The Kier molecular flexibility index (Phi) is 6.22. The topological polar surface area (TPSA) is 64.8 Å². The van der Waals surface area contributed by atoms with Crippen molar-refractivity contribution in [3.05, 3.63) is 29.8 Å². The van der Waals surface area contributed by atoms with Crippen molar-refractivity contribution in [1.29, 1.82) is 0 Å². The summed E-state index contributed by atoms with van der Waals surface area (Å²) in [6.45, 7) is 2.07. The molecule has 1 heterocycles. The minimum Gasteiger partial charge on any atom is -0.496 e. The number of rotatable bonds is 6. The smallest absolute Gasteiger partial charge is 0.226 e. The van der Waals surface area contributed by atoms with E-state index in [1.54, 1.807) is 7.11 Å². The Hall–Kier alpha value is -1.59. The summed E-state index contributed by atoms with van der Waals surface area (Å²) in [4.78, 5) is 15.6. The van der Waals surface area contributed by atoms with E-state index in [0.717, 1.165) is 43.6 Å². The fourth-order valence-electron chi connectivity index (χ4n) is 5.55. The number of carbonyl (C=O) groups is 1. The average molecular weight is 387 g/mol. The molecule has 1 aliphatic heterocycles. The quantitative estimate of drug-likeness (QED) is 0.814.